The van der Waals surface area contributed by atoms with Crippen molar-refractivity contribution in [2.24, 2.45) is 0 Å². The number of hydrogen-bond acceptors (Lipinski definition) is 3. The molecule has 0 bridgehead atoms. The smallest absolute Gasteiger partial charge is 0.132 e. The van der Waals surface area contributed by atoms with Crippen LogP contribution < -0.4 is 14.4 Å². The Morgan fingerprint density at radius 1 is 0.260 bits per heavy atom. The summed E-state index contributed by atoms with van der Waals surface area (Å²) in [6, 6.07) is 96.0. The molecule has 0 atom stereocenters. The van der Waals surface area contributed by atoms with E-state index in [-0.39, 0.29) is 0 Å². The van der Waals surface area contributed by atoms with Crippen molar-refractivity contribution in [3.8, 4) is 56.4 Å². The number of fused-ring (bicyclic) bond motifs is 21. The molecule has 0 unspecified atom stereocenters. The third-order valence-corrected chi connectivity index (χ3v) is 16.3. The van der Waals surface area contributed by atoms with Gasteiger partial charge in [-0.2, -0.15) is 0 Å². The first-order valence-electron chi connectivity index (χ1n) is 25.2. The summed E-state index contributed by atoms with van der Waals surface area (Å²) < 4.78 is 13.7. The van der Waals surface area contributed by atoms with E-state index >= 15 is 0 Å². The normalized spacial score (nSPS) is 14.2. The molecule has 340 valence electrons. The van der Waals surface area contributed by atoms with Crippen LogP contribution in [-0.2, 0) is 10.8 Å². The molecule has 3 nitrogen and oxygen atoms in total. The molecule has 4 aliphatic rings. The molecule has 12 aromatic carbocycles. The number of anilines is 3. The first kappa shape index (κ1) is 40.3. The molecule has 2 aliphatic carbocycles. The van der Waals surface area contributed by atoms with Gasteiger partial charge in [-0.3, -0.25) is 0 Å². The van der Waals surface area contributed by atoms with Gasteiger partial charge >= 0.3 is 0 Å². The van der Waals surface area contributed by atoms with Crippen LogP contribution in [0.5, 0.6) is 23.0 Å². The van der Waals surface area contributed by atoms with Crippen LogP contribution in [0.1, 0.15) is 44.5 Å². The van der Waals surface area contributed by atoms with Gasteiger partial charge < -0.3 is 14.4 Å². The Hall–Kier alpha value is -9.44. The fourth-order valence-corrected chi connectivity index (χ4v) is 13.6. The molecular weight excluding hydrogens is 887 g/mol. The SMILES string of the molecule is c1ccc(-c2ccccc2N(c2cccc3c2-c2ccccc2C32c3ccccc3Oc3ccccc32)c2cc3c(c4ccccc24)-c2cc4ccccc4cc2C32c3ccccc3Oc3ccccc32)cc1. The molecule has 0 aromatic heterocycles. The van der Waals surface area contributed by atoms with E-state index in [1.807, 2.05) is 0 Å². The van der Waals surface area contributed by atoms with Crippen molar-refractivity contribution >= 4 is 38.6 Å². The van der Waals surface area contributed by atoms with Crippen molar-refractivity contribution in [2.45, 2.75) is 10.8 Å². The van der Waals surface area contributed by atoms with Crippen molar-refractivity contribution in [1.82, 2.24) is 0 Å². The first-order valence-corrected chi connectivity index (χ1v) is 25.2. The molecule has 0 saturated carbocycles. The zero-order chi connectivity index (χ0) is 47.8. The summed E-state index contributed by atoms with van der Waals surface area (Å²) in [5, 5.41) is 4.78. The van der Waals surface area contributed by atoms with Crippen molar-refractivity contribution in [2.75, 3.05) is 4.90 Å². The van der Waals surface area contributed by atoms with Crippen LogP contribution in [0.3, 0.4) is 0 Å². The summed E-state index contributed by atoms with van der Waals surface area (Å²) in [5.41, 5.74) is 18.6. The highest BCUT2D eigenvalue weighted by Gasteiger charge is 2.54. The molecular formula is C70H43NO2. The Morgan fingerprint density at radius 3 is 1.37 bits per heavy atom. The van der Waals surface area contributed by atoms with Crippen LogP contribution >= 0.6 is 0 Å². The van der Waals surface area contributed by atoms with Gasteiger partial charge in [-0.1, -0.05) is 206 Å². The molecule has 2 spiro atoms. The van der Waals surface area contributed by atoms with E-state index in [2.05, 4.69) is 266 Å². The number of rotatable bonds is 4. The molecule has 0 amide bonds. The predicted molar refractivity (Wildman–Crippen MR) is 296 cm³/mol. The van der Waals surface area contributed by atoms with Crippen molar-refractivity contribution in [1.29, 1.82) is 0 Å². The third kappa shape index (κ3) is 5.27. The molecule has 12 aromatic rings. The van der Waals surface area contributed by atoms with E-state index in [1.54, 1.807) is 0 Å². The van der Waals surface area contributed by atoms with E-state index in [0.29, 0.717) is 0 Å². The number of para-hydroxylation sites is 5. The Balaban J connectivity index is 1.08. The standard InChI is InChI=1S/C70H43NO2/c1-2-21-44(22-3-1)47-25-9-15-35-60(47)71(61-36-20-34-57-68(61)50-28-8-10-29-52(50)69(57)53-30-11-16-37-63(53)72-64-38-17-12-31-54(64)69)62-43-59-67(49-27-7-6-26-48(49)62)51-41-45-23-4-5-24-46(45)42-58(51)70(59)55-32-13-18-39-65(55)73-66-40-19-14-33-56(66)70/h1-43H. The first-order chi connectivity index (χ1) is 36.2. The minimum Gasteiger partial charge on any atom is -0.457 e. The van der Waals surface area contributed by atoms with Crippen molar-refractivity contribution in [3.05, 3.63) is 305 Å². The molecule has 16 rings (SSSR count). The van der Waals surface area contributed by atoms with Gasteiger partial charge in [0.2, 0.25) is 0 Å². The molecule has 0 N–H and O–H groups in total. The fraction of sp³-hybridized carbons (Fsp3) is 0.0286. The Labute approximate surface area is 423 Å². The van der Waals surface area contributed by atoms with Gasteiger partial charge in [-0.25, -0.2) is 0 Å². The number of nitrogens with zero attached hydrogens (tertiary/aromatic N) is 1. The largest absolute Gasteiger partial charge is 0.457 e. The highest BCUT2D eigenvalue weighted by molar-refractivity contribution is 6.14. The van der Waals surface area contributed by atoms with E-state index in [4.69, 9.17) is 9.47 Å². The van der Waals surface area contributed by atoms with E-state index in [1.165, 1.54) is 60.7 Å². The highest BCUT2D eigenvalue weighted by atomic mass is 16.5. The Bertz CT molecular complexity index is 4210. The maximum atomic E-state index is 6.92. The average Bonchev–Trinajstić information content (AvgIpc) is 3.91. The van der Waals surface area contributed by atoms with Crippen LogP contribution in [0.4, 0.5) is 17.1 Å². The molecule has 73 heavy (non-hydrogen) atoms. The fourth-order valence-electron chi connectivity index (χ4n) is 13.6. The quantitative estimate of drug-likeness (QED) is 0.176. The van der Waals surface area contributed by atoms with Gasteiger partial charge in [0, 0.05) is 38.8 Å². The summed E-state index contributed by atoms with van der Waals surface area (Å²) >= 11 is 0. The summed E-state index contributed by atoms with van der Waals surface area (Å²) in [4.78, 5) is 2.60. The maximum Gasteiger partial charge on any atom is 0.132 e. The molecule has 3 heteroatoms. The zero-order valence-corrected chi connectivity index (χ0v) is 39.6. The van der Waals surface area contributed by atoms with Crippen molar-refractivity contribution < 1.29 is 9.47 Å². The lowest BCUT2D eigenvalue weighted by Gasteiger charge is -2.40. The zero-order valence-electron chi connectivity index (χ0n) is 39.6. The van der Waals surface area contributed by atoms with Crippen LogP contribution in [0.2, 0.25) is 0 Å². The van der Waals surface area contributed by atoms with Crippen LogP contribution in [0.15, 0.2) is 261 Å². The molecule has 2 aliphatic heterocycles. The van der Waals surface area contributed by atoms with E-state index < -0.39 is 10.8 Å². The topological polar surface area (TPSA) is 21.7 Å². The van der Waals surface area contributed by atoms with E-state index in [0.717, 1.165) is 78.8 Å². The van der Waals surface area contributed by atoms with E-state index in [9.17, 15) is 0 Å². The van der Waals surface area contributed by atoms with Crippen LogP contribution in [-0.4, -0.2) is 0 Å². The Kier molecular flexibility index (Phi) is 8.30. The summed E-state index contributed by atoms with van der Waals surface area (Å²) in [6.07, 6.45) is 0. The second kappa shape index (κ2) is 15.0. The van der Waals surface area contributed by atoms with Gasteiger partial charge in [0.05, 0.1) is 27.9 Å². The van der Waals surface area contributed by atoms with Gasteiger partial charge in [-0.15, -0.1) is 0 Å². The summed E-state index contributed by atoms with van der Waals surface area (Å²) in [6.45, 7) is 0. The van der Waals surface area contributed by atoms with Gasteiger partial charge in [-0.05, 0) is 115 Å². The monoisotopic (exact) mass is 929 g/mol. The minimum absolute atomic E-state index is 0.652. The summed E-state index contributed by atoms with van der Waals surface area (Å²) in [5.74, 6) is 3.49. The number of hydrogen-bond donors (Lipinski definition) is 0. The Morgan fingerprint density at radius 2 is 0.726 bits per heavy atom. The maximum absolute atomic E-state index is 6.92. The second-order valence-corrected chi connectivity index (χ2v) is 19.8. The van der Waals surface area contributed by atoms with Crippen LogP contribution in [0.25, 0.3) is 54.9 Å². The molecule has 0 saturated heterocycles. The predicted octanol–water partition coefficient (Wildman–Crippen LogP) is 18.1. The number of benzene rings is 12. The van der Waals surface area contributed by atoms with Crippen molar-refractivity contribution in [3.63, 3.8) is 0 Å². The third-order valence-electron chi connectivity index (χ3n) is 16.3. The molecule has 0 fully saturated rings. The summed E-state index contributed by atoms with van der Waals surface area (Å²) in [7, 11) is 0. The van der Waals surface area contributed by atoms with Gasteiger partial charge in [0.15, 0.2) is 0 Å². The molecule has 2 heterocycles. The average molecular weight is 930 g/mol. The minimum atomic E-state index is -0.728. The lowest BCUT2D eigenvalue weighted by atomic mass is 9.65. The number of ether oxygens (including phenoxy) is 2. The van der Waals surface area contributed by atoms with Gasteiger partial charge in [0.25, 0.3) is 0 Å². The lowest BCUT2D eigenvalue weighted by molar-refractivity contribution is 0.436. The van der Waals surface area contributed by atoms with Crippen LogP contribution in [0, 0.1) is 0 Å². The lowest BCUT2D eigenvalue weighted by Crippen LogP contribution is -2.32. The highest BCUT2D eigenvalue weighted by Crippen LogP contribution is 2.67. The molecule has 0 radical (unpaired) electrons. The van der Waals surface area contributed by atoms with Gasteiger partial charge in [0.1, 0.15) is 23.0 Å². The second-order valence-electron chi connectivity index (χ2n) is 19.8.